The molecule has 5 heteroatoms. The Labute approximate surface area is 218 Å². The molecule has 8 atom stereocenters. The van der Waals surface area contributed by atoms with E-state index in [2.05, 4.69) is 20.8 Å². The highest BCUT2D eigenvalue weighted by molar-refractivity contribution is 5.91. The zero-order chi connectivity index (χ0) is 26.3. The van der Waals surface area contributed by atoms with Crippen LogP contribution in [0.4, 0.5) is 0 Å². The number of hydrogen-bond donors (Lipinski definition) is 0. The Bertz CT molecular complexity index is 952. The molecular formula is C31H48NO4. The van der Waals surface area contributed by atoms with Gasteiger partial charge in [-0.25, -0.2) is 0 Å². The summed E-state index contributed by atoms with van der Waals surface area (Å²) in [5, 5.41) is 13.8. The molecule has 36 heavy (non-hydrogen) atoms. The molecule has 0 N–H and O–H groups in total. The lowest BCUT2D eigenvalue weighted by atomic mass is 9.46. The van der Waals surface area contributed by atoms with Crippen LogP contribution in [0, 0.1) is 46.3 Å². The van der Waals surface area contributed by atoms with Gasteiger partial charge in [0, 0.05) is 12.0 Å². The van der Waals surface area contributed by atoms with E-state index >= 15 is 0 Å². The van der Waals surface area contributed by atoms with Crippen molar-refractivity contribution in [2.45, 2.75) is 117 Å². The third kappa shape index (κ3) is 3.85. The van der Waals surface area contributed by atoms with Crippen LogP contribution in [0.2, 0.25) is 0 Å². The third-order valence-corrected chi connectivity index (χ3v) is 12.1. The molecule has 4 aliphatic carbocycles. The second-order valence-corrected chi connectivity index (χ2v) is 14.8. The molecule has 0 aromatic heterocycles. The number of carbonyl (C=O) groups excluding carboxylic acids is 2. The van der Waals surface area contributed by atoms with Crippen LogP contribution in [0.1, 0.15) is 106 Å². The summed E-state index contributed by atoms with van der Waals surface area (Å²) in [4.78, 5) is 25.3. The summed E-state index contributed by atoms with van der Waals surface area (Å²) in [7, 11) is 0. The van der Waals surface area contributed by atoms with Gasteiger partial charge >= 0.3 is 5.97 Å². The number of nitrogens with zero attached hydrogens (tertiary/aromatic N) is 1. The summed E-state index contributed by atoms with van der Waals surface area (Å²) in [5.74, 6) is 2.83. The standard InChI is InChI=1S/C31H48NO4/c1-19(18-36-27(34)26-17-28(2,3)32(35)29(26,4)5)23-10-11-24-22-9-8-20-16-21(33)12-14-30(20,6)25(22)13-15-31(23,24)7/h16,19,22-26H,8-15,17-18H2,1-7H3/t19-,22+,23-,24+,25+,26?,30+,31-/m1/s1. The third-order valence-electron chi connectivity index (χ3n) is 12.1. The van der Waals surface area contributed by atoms with Crippen LogP contribution in [-0.2, 0) is 19.5 Å². The maximum absolute atomic E-state index is 13.1. The molecule has 1 unspecified atom stereocenters. The van der Waals surface area contributed by atoms with Crippen LogP contribution in [0.15, 0.2) is 11.6 Å². The maximum Gasteiger partial charge on any atom is 0.310 e. The van der Waals surface area contributed by atoms with Crippen LogP contribution in [0.25, 0.3) is 0 Å². The van der Waals surface area contributed by atoms with Gasteiger partial charge in [-0.2, -0.15) is 0 Å². The highest BCUT2D eigenvalue weighted by Crippen LogP contribution is 2.67. The Kier molecular flexibility index (Phi) is 6.35. The van der Waals surface area contributed by atoms with Crippen LogP contribution >= 0.6 is 0 Å². The van der Waals surface area contributed by atoms with Crippen molar-refractivity contribution in [3.63, 3.8) is 0 Å². The second-order valence-electron chi connectivity index (χ2n) is 14.8. The van der Waals surface area contributed by atoms with E-state index < -0.39 is 11.1 Å². The van der Waals surface area contributed by atoms with Gasteiger partial charge in [0.15, 0.2) is 5.78 Å². The number of allylic oxidation sites excluding steroid dienone is 1. The van der Waals surface area contributed by atoms with E-state index in [0.29, 0.717) is 42.0 Å². The Hall–Kier alpha value is -1.20. The fourth-order valence-electron chi connectivity index (χ4n) is 10.1. The van der Waals surface area contributed by atoms with Gasteiger partial charge in [-0.05, 0) is 126 Å². The van der Waals surface area contributed by atoms with Crippen LogP contribution in [0.5, 0.6) is 0 Å². The smallest absolute Gasteiger partial charge is 0.310 e. The van der Waals surface area contributed by atoms with Crippen molar-refractivity contribution in [3.05, 3.63) is 11.6 Å². The van der Waals surface area contributed by atoms with Crippen molar-refractivity contribution in [1.29, 1.82) is 0 Å². The minimum atomic E-state index is -0.735. The molecule has 0 spiro atoms. The molecule has 0 aromatic rings. The number of hydroxylamine groups is 2. The fourth-order valence-corrected chi connectivity index (χ4v) is 10.1. The molecule has 4 fully saturated rings. The Morgan fingerprint density at radius 3 is 2.42 bits per heavy atom. The zero-order valence-electron chi connectivity index (χ0n) is 23.7. The van der Waals surface area contributed by atoms with Gasteiger partial charge in [0.25, 0.3) is 0 Å². The second kappa shape index (κ2) is 8.66. The Morgan fingerprint density at radius 1 is 1.03 bits per heavy atom. The molecule has 1 radical (unpaired) electrons. The van der Waals surface area contributed by atoms with Gasteiger partial charge < -0.3 is 4.74 Å². The van der Waals surface area contributed by atoms with Crippen LogP contribution in [0.3, 0.4) is 0 Å². The SMILES string of the molecule is C[C@H](COC(=O)C1CC(C)(C)N([O])C1(C)C)[C@H]1CC[C@H]2[C@@H]3CCC4=CC(=O)CC[C@]4(C)[C@H]3CC[C@]12C. The molecule has 0 amide bonds. The van der Waals surface area contributed by atoms with Gasteiger partial charge in [0.2, 0.25) is 0 Å². The normalized spacial score (nSPS) is 44.3. The van der Waals surface area contributed by atoms with Crippen LogP contribution < -0.4 is 0 Å². The van der Waals surface area contributed by atoms with E-state index in [1.165, 1.54) is 37.7 Å². The van der Waals surface area contributed by atoms with Gasteiger partial charge in [-0.3, -0.25) is 9.59 Å². The summed E-state index contributed by atoms with van der Waals surface area (Å²) in [5.41, 5.74) is 0.680. The number of ether oxygens (including phenoxy) is 1. The lowest BCUT2D eigenvalue weighted by Gasteiger charge is -2.58. The first-order valence-corrected chi connectivity index (χ1v) is 14.6. The van der Waals surface area contributed by atoms with E-state index in [1.54, 1.807) is 0 Å². The van der Waals surface area contributed by atoms with Crippen molar-refractivity contribution in [3.8, 4) is 0 Å². The van der Waals surface area contributed by atoms with Gasteiger partial charge in [0.05, 0.1) is 18.1 Å². The monoisotopic (exact) mass is 498 g/mol. The predicted molar refractivity (Wildman–Crippen MR) is 139 cm³/mol. The molecule has 5 rings (SSSR count). The lowest BCUT2D eigenvalue weighted by Crippen LogP contribution is -2.51. The van der Waals surface area contributed by atoms with Crippen molar-refractivity contribution in [2.75, 3.05) is 6.61 Å². The first-order valence-electron chi connectivity index (χ1n) is 14.6. The highest BCUT2D eigenvalue weighted by atomic mass is 16.5. The minimum Gasteiger partial charge on any atom is -0.465 e. The summed E-state index contributed by atoms with van der Waals surface area (Å²) in [6.07, 6.45) is 11.6. The molecule has 3 saturated carbocycles. The molecule has 1 heterocycles. The largest absolute Gasteiger partial charge is 0.465 e. The van der Waals surface area contributed by atoms with Crippen molar-refractivity contribution >= 4 is 11.8 Å². The van der Waals surface area contributed by atoms with Crippen molar-refractivity contribution in [1.82, 2.24) is 5.06 Å². The first kappa shape index (κ1) is 26.4. The number of ketones is 1. The van der Waals surface area contributed by atoms with Gasteiger partial charge in [-0.1, -0.05) is 26.3 Å². The van der Waals surface area contributed by atoms with Crippen LogP contribution in [-0.4, -0.2) is 34.5 Å². The molecule has 5 nitrogen and oxygen atoms in total. The van der Waals surface area contributed by atoms with E-state index in [1.807, 2.05) is 33.8 Å². The molecule has 1 saturated heterocycles. The quantitative estimate of drug-likeness (QED) is 0.413. The topological polar surface area (TPSA) is 66.5 Å². The summed E-state index contributed by atoms with van der Waals surface area (Å²) in [6, 6.07) is 0. The fraction of sp³-hybridized carbons (Fsp3) is 0.871. The Balaban J connectivity index is 1.25. The average molecular weight is 499 g/mol. The Morgan fingerprint density at radius 2 is 1.75 bits per heavy atom. The summed E-state index contributed by atoms with van der Waals surface area (Å²) < 4.78 is 5.96. The molecule has 1 aliphatic heterocycles. The average Bonchev–Trinajstić information content (AvgIpc) is 3.25. The maximum atomic E-state index is 13.1. The highest BCUT2D eigenvalue weighted by Gasteiger charge is 2.60. The van der Waals surface area contributed by atoms with E-state index in [-0.39, 0.29) is 17.3 Å². The molecule has 5 aliphatic rings. The minimum absolute atomic E-state index is 0.201. The zero-order valence-corrected chi connectivity index (χ0v) is 23.7. The number of rotatable bonds is 4. The molecule has 201 valence electrons. The van der Waals surface area contributed by atoms with Gasteiger partial charge in [0.1, 0.15) is 0 Å². The number of carbonyl (C=O) groups is 2. The van der Waals surface area contributed by atoms with Crippen molar-refractivity contribution < 1.29 is 19.5 Å². The molecular weight excluding hydrogens is 450 g/mol. The van der Waals surface area contributed by atoms with E-state index in [9.17, 15) is 14.8 Å². The van der Waals surface area contributed by atoms with E-state index in [4.69, 9.17) is 4.74 Å². The van der Waals surface area contributed by atoms with Crippen molar-refractivity contribution in [2.24, 2.45) is 46.3 Å². The number of fused-ring (bicyclic) bond motifs is 5. The lowest BCUT2D eigenvalue weighted by molar-refractivity contribution is -0.249. The number of esters is 1. The first-order chi connectivity index (χ1) is 16.7. The van der Waals surface area contributed by atoms with Gasteiger partial charge in [-0.15, -0.1) is 10.3 Å². The predicted octanol–water partition coefficient (Wildman–Crippen LogP) is 6.54. The molecule has 0 bridgehead atoms. The molecule has 0 aromatic carbocycles. The van der Waals surface area contributed by atoms with E-state index in [0.717, 1.165) is 36.2 Å². The number of hydrogen-bond acceptors (Lipinski definition) is 4. The summed E-state index contributed by atoms with van der Waals surface area (Å²) in [6.45, 7) is 15.3. The summed E-state index contributed by atoms with van der Waals surface area (Å²) >= 11 is 0.